The summed E-state index contributed by atoms with van der Waals surface area (Å²) < 4.78 is 10.9. The highest BCUT2D eigenvalue weighted by atomic mass is 32.2. The van der Waals surface area contributed by atoms with Crippen LogP contribution in [0, 0.1) is 5.92 Å². The highest BCUT2D eigenvalue weighted by molar-refractivity contribution is 7.98. The summed E-state index contributed by atoms with van der Waals surface area (Å²) in [6, 6.07) is 13.0. The maximum Gasteiger partial charge on any atom is 0.259 e. The topological polar surface area (TPSA) is 88.2 Å². The fraction of sp³-hybridized carbons (Fsp3) is 0.375. The minimum absolute atomic E-state index is 0.0532. The van der Waals surface area contributed by atoms with Crippen molar-refractivity contribution in [2.75, 3.05) is 45.5 Å². The van der Waals surface area contributed by atoms with Crippen molar-refractivity contribution in [3.63, 3.8) is 0 Å². The number of methoxy groups -OCH3 is 1. The molecule has 0 radical (unpaired) electrons. The molecule has 3 amide bonds. The Hall–Kier alpha value is -3.20. The van der Waals surface area contributed by atoms with Crippen molar-refractivity contribution in [1.82, 2.24) is 10.2 Å². The molecule has 1 heterocycles. The smallest absolute Gasteiger partial charge is 0.259 e. The summed E-state index contributed by atoms with van der Waals surface area (Å²) in [4.78, 5) is 41.2. The van der Waals surface area contributed by atoms with Crippen molar-refractivity contribution in [2.24, 2.45) is 5.92 Å². The second-order valence-corrected chi connectivity index (χ2v) is 8.76. The second kappa shape index (κ2) is 11.1. The first-order valence-corrected chi connectivity index (χ1v) is 11.8. The molecule has 0 bridgehead atoms. The average molecular weight is 472 g/mol. The predicted octanol–water partition coefficient (Wildman–Crippen LogP) is 2.55. The van der Waals surface area contributed by atoms with Gasteiger partial charge in [0.1, 0.15) is 0 Å². The van der Waals surface area contributed by atoms with Crippen LogP contribution in [0.3, 0.4) is 0 Å². The molecular formula is C24H29N3O5S. The Labute approximate surface area is 198 Å². The van der Waals surface area contributed by atoms with Crippen LogP contribution in [-0.4, -0.2) is 63.2 Å². The third kappa shape index (κ3) is 6.19. The van der Waals surface area contributed by atoms with Gasteiger partial charge in [-0.1, -0.05) is 6.07 Å². The fourth-order valence-corrected chi connectivity index (χ4v) is 3.85. The summed E-state index contributed by atoms with van der Waals surface area (Å²) in [5.74, 6) is 0.148. The quantitative estimate of drug-likeness (QED) is 0.566. The summed E-state index contributed by atoms with van der Waals surface area (Å²) in [5, 5.41) is 2.91. The molecule has 3 rings (SSSR count). The molecule has 2 aromatic carbocycles. The molecule has 0 aromatic heterocycles. The highest BCUT2D eigenvalue weighted by Gasteiger charge is 2.35. The van der Waals surface area contributed by atoms with Crippen LogP contribution in [0.5, 0.6) is 11.5 Å². The molecule has 176 valence electrons. The number of carbonyl (C=O) groups is 3. The highest BCUT2D eigenvalue weighted by Crippen LogP contribution is 2.29. The lowest BCUT2D eigenvalue weighted by Gasteiger charge is -2.17. The van der Waals surface area contributed by atoms with E-state index in [9.17, 15) is 14.4 Å². The van der Waals surface area contributed by atoms with Crippen molar-refractivity contribution < 1.29 is 23.9 Å². The van der Waals surface area contributed by atoms with Gasteiger partial charge in [-0.15, -0.1) is 11.8 Å². The Kier molecular flexibility index (Phi) is 8.21. The number of benzene rings is 2. The SMILES string of the molecule is COc1cc(CNC(=O)C2CC(=O)N(c3ccc(SC)cc3)C2)ccc1OCC(=O)N(C)C. The van der Waals surface area contributed by atoms with Gasteiger partial charge in [0.15, 0.2) is 18.1 Å². The molecule has 9 heteroatoms. The van der Waals surface area contributed by atoms with Crippen LogP contribution in [0.25, 0.3) is 0 Å². The van der Waals surface area contributed by atoms with Gasteiger partial charge < -0.3 is 24.6 Å². The van der Waals surface area contributed by atoms with E-state index in [4.69, 9.17) is 9.47 Å². The monoisotopic (exact) mass is 471 g/mol. The largest absolute Gasteiger partial charge is 0.493 e. The van der Waals surface area contributed by atoms with Crippen LogP contribution < -0.4 is 19.7 Å². The van der Waals surface area contributed by atoms with Gasteiger partial charge in [0.05, 0.1) is 13.0 Å². The molecule has 2 aromatic rings. The number of thioether (sulfide) groups is 1. The predicted molar refractivity (Wildman–Crippen MR) is 128 cm³/mol. The van der Waals surface area contributed by atoms with Crippen molar-refractivity contribution in [3.8, 4) is 11.5 Å². The number of amides is 3. The normalized spacial score (nSPS) is 15.3. The first kappa shape index (κ1) is 24.4. The second-order valence-electron chi connectivity index (χ2n) is 7.88. The van der Waals surface area contributed by atoms with Crippen LogP contribution in [0.15, 0.2) is 47.4 Å². The Balaban J connectivity index is 1.56. The van der Waals surface area contributed by atoms with Crippen LogP contribution >= 0.6 is 11.8 Å². The van der Waals surface area contributed by atoms with E-state index in [1.54, 1.807) is 49.0 Å². The van der Waals surface area contributed by atoms with E-state index in [0.717, 1.165) is 16.1 Å². The van der Waals surface area contributed by atoms with Crippen molar-refractivity contribution in [3.05, 3.63) is 48.0 Å². The lowest BCUT2D eigenvalue weighted by atomic mass is 10.1. The lowest BCUT2D eigenvalue weighted by Crippen LogP contribution is -2.32. The number of hydrogen-bond donors (Lipinski definition) is 1. The first-order valence-electron chi connectivity index (χ1n) is 10.5. The van der Waals surface area contributed by atoms with Crippen LogP contribution in [0.1, 0.15) is 12.0 Å². The van der Waals surface area contributed by atoms with Crippen molar-refractivity contribution >= 4 is 35.2 Å². The molecule has 1 unspecified atom stereocenters. The van der Waals surface area contributed by atoms with E-state index in [0.29, 0.717) is 24.6 Å². The number of anilines is 1. The van der Waals surface area contributed by atoms with Gasteiger partial charge in [-0.2, -0.15) is 0 Å². The summed E-state index contributed by atoms with van der Waals surface area (Å²) in [6.07, 6.45) is 2.19. The zero-order valence-corrected chi connectivity index (χ0v) is 20.1. The standard InChI is InChI=1S/C24H29N3O5S/c1-26(2)23(29)15-32-20-10-5-16(11-21(20)31-3)13-25-24(30)17-12-22(28)27(14-17)18-6-8-19(33-4)9-7-18/h5-11,17H,12-15H2,1-4H3,(H,25,30). The van der Waals surface area contributed by atoms with Gasteiger partial charge in [-0.3, -0.25) is 14.4 Å². The number of rotatable bonds is 9. The molecule has 0 spiro atoms. The number of hydrogen-bond acceptors (Lipinski definition) is 6. The molecule has 1 saturated heterocycles. The Morgan fingerprint density at radius 1 is 1.15 bits per heavy atom. The molecule has 1 atom stereocenters. The van der Waals surface area contributed by atoms with Gasteiger partial charge in [0, 0.05) is 44.2 Å². The zero-order chi connectivity index (χ0) is 24.0. The number of ether oxygens (including phenoxy) is 2. The van der Waals surface area contributed by atoms with E-state index in [-0.39, 0.29) is 30.7 Å². The van der Waals surface area contributed by atoms with Crippen molar-refractivity contribution in [2.45, 2.75) is 17.9 Å². The zero-order valence-electron chi connectivity index (χ0n) is 19.3. The van der Waals surface area contributed by atoms with E-state index in [1.807, 2.05) is 30.5 Å². The van der Waals surface area contributed by atoms with Gasteiger partial charge in [0.2, 0.25) is 11.8 Å². The summed E-state index contributed by atoms with van der Waals surface area (Å²) in [6.45, 7) is 0.560. The molecule has 33 heavy (non-hydrogen) atoms. The number of nitrogens with one attached hydrogen (secondary N) is 1. The fourth-order valence-electron chi connectivity index (χ4n) is 3.44. The van der Waals surface area contributed by atoms with Gasteiger partial charge in [-0.05, 0) is 48.2 Å². The summed E-state index contributed by atoms with van der Waals surface area (Å²) in [5.41, 5.74) is 1.63. The van der Waals surface area contributed by atoms with E-state index < -0.39 is 5.92 Å². The maximum atomic E-state index is 12.7. The molecule has 1 N–H and O–H groups in total. The summed E-state index contributed by atoms with van der Waals surface area (Å²) >= 11 is 1.64. The minimum atomic E-state index is -0.403. The molecule has 0 aliphatic carbocycles. The molecule has 1 aliphatic heterocycles. The van der Waals surface area contributed by atoms with Gasteiger partial charge in [0.25, 0.3) is 5.91 Å². The van der Waals surface area contributed by atoms with E-state index >= 15 is 0 Å². The van der Waals surface area contributed by atoms with Gasteiger partial charge >= 0.3 is 0 Å². The Bertz CT molecular complexity index is 1010. The average Bonchev–Trinajstić information content (AvgIpc) is 3.22. The maximum absolute atomic E-state index is 12.7. The van der Waals surface area contributed by atoms with Crippen molar-refractivity contribution in [1.29, 1.82) is 0 Å². The molecule has 8 nitrogen and oxygen atoms in total. The lowest BCUT2D eigenvalue weighted by molar-refractivity contribution is -0.130. The molecule has 1 aliphatic rings. The number of likely N-dealkylation sites (N-methyl/N-ethyl adjacent to an activating group) is 1. The van der Waals surface area contributed by atoms with Crippen LogP contribution in [-0.2, 0) is 20.9 Å². The Morgan fingerprint density at radius 3 is 2.52 bits per heavy atom. The third-order valence-electron chi connectivity index (χ3n) is 5.42. The Morgan fingerprint density at radius 2 is 1.88 bits per heavy atom. The third-order valence-corrected chi connectivity index (χ3v) is 6.17. The number of carbonyl (C=O) groups excluding carboxylic acids is 3. The van der Waals surface area contributed by atoms with Crippen LogP contribution in [0.4, 0.5) is 5.69 Å². The first-order chi connectivity index (χ1) is 15.8. The van der Waals surface area contributed by atoms with Crippen LogP contribution in [0.2, 0.25) is 0 Å². The van der Waals surface area contributed by atoms with Gasteiger partial charge in [-0.25, -0.2) is 0 Å². The molecule has 0 saturated carbocycles. The molecular weight excluding hydrogens is 442 g/mol. The van der Waals surface area contributed by atoms with E-state index in [2.05, 4.69) is 5.32 Å². The van der Waals surface area contributed by atoms with E-state index in [1.165, 1.54) is 12.0 Å². The minimum Gasteiger partial charge on any atom is -0.493 e. The summed E-state index contributed by atoms with van der Waals surface area (Å²) in [7, 11) is 4.84. The molecule has 1 fully saturated rings. The number of nitrogens with zero attached hydrogens (tertiary/aromatic N) is 2.